The predicted octanol–water partition coefficient (Wildman–Crippen LogP) is 5.11. The molecule has 106 valence electrons. The van der Waals surface area contributed by atoms with Crippen LogP contribution in [0.2, 0.25) is 5.02 Å². The molecule has 2 nitrogen and oxygen atoms in total. The molecule has 1 N–H and O–H groups in total. The number of alkyl halides is 2. The van der Waals surface area contributed by atoms with Gasteiger partial charge >= 0.3 is 6.61 Å². The lowest BCUT2D eigenvalue weighted by Crippen LogP contribution is -2.07. The van der Waals surface area contributed by atoms with Gasteiger partial charge in [-0.05, 0) is 36.8 Å². The Labute approximate surface area is 121 Å². The number of halogens is 3. The zero-order valence-electron chi connectivity index (χ0n) is 10.8. The van der Waals surface area contributed by atoms with Crippen LogP contribution in [-0.4, -0.2) is 6.61 Å². The normalized spacial score (nSPS) is 12.2. The number of nitrogens with one attached hydrogen (secondary N) is 1. The van der Waals surface area contributed by atoms with E-state index in [1.807, 2.05) is 25.1 Å². The topological polar surface area (TPSA) is 21.3 Å². The molecule has 2 aromatic rings. The fourth-order valence-electron chi connectivity index (χ4n) is 1.83. The maximum atomic E-state index is 12.1. The van der Waals surface area contributed by atoms with Crippen molar-refractivity contribution in [2.24, 2.45) is 0 Å². The Balaban J connectivity index is 2.06. The van der Waals surface area contributed by atoms with Crippen LogP contribution in [0, 0.1) is 0 Å². The fraction of sp³-hybridized carbons (Fsp3) is 0.200. The van der Waals surface area contributed by atoms with E-state index in [1.54, 1.807) is 18.2 Å². The Morgan fingerprint density at radius 2 is 1.70 bits per heavy atom. The molecule has 5 heteroatoms. The van der Waals surface area contributed by atoms with E-state index in [4.69, 9.17) is 11.6 Å². The van der Waals surface area contributed by atoms with Crippen molar-refractivity contribution in [3.8, 4) is 5.75 Å². The molecule has 0 fully saturated rings. The first-order valence-electron chi connectivity index (χ1n) is 6.12. The minimum atomic E-state index is -2.81. The molecule has 1 atom stereocenters. The van der Waals surface area contributed by atoms with Crippen molar-refractivity contribution in [3.63, 3.8) is 0 Å². The molecule has 0 aliphatic heterocycles. The molecule has 1 unspecified atom stereocenters. The van der Waals surface area contributed by atoms with E-state index in [0.29, 0.717) is 5.02 Å². The summed E-state index contributed by atoms with van der Waals surface area (Å²) < 4.78 is 28.4. The van der Waals surface area contributed by atoms with Gasteiger partial charge in [-0.3, -0.25) is 0 Å². The molecule has 0 bridgehead atoms. The van der Waals surface area contributed by atoms with Gasteiger partial charge in [-0.2, -0.15) is 8.78 Å². The highest BCUT2D eigenvalue weighted by Crippen LogP contribution is 2.26. The highest BCUT2D eigenvalue weighted by molar-refractivity contribution is 6.33. The first-order valence-corrected chi connectivity index (χ1v) is 6.50. The number of hydrogen-bond acceptors (Lipinski definition) is 2. The van der Waals surface area contributed by atoms with Crippen molar-refractivity contribution in [1.82, 2.24) is 0 Å². The van der Waals surface area contributed by atoms with Crippen LogP contribution >= 0.6 is 11.6 Å². The molecule has 0 aliphatic rings. The van der Waals surface area contributed by atoms with Crippen molar-refractivity contribution in [2.45, 2.75) is 19.6 Å². The summed E-state index contributed by atoms with van der Waals surface area (Å²) >= 11 is 6.07. The fourth-order valence-corrected chi connectivity index (χ4v) is 2.02. The van der Waals surface area contributed by atoms with Crippen LogP contribution in [0.15, 0.2) is 48.5 Å². The van der Waals surface area contributed by atoms with Gasteiger partial charge in [0.1, 0.15) is 5.75 Å². The minimum absolute atomic E-state index is 0.00417. The lowest BCUT2D eigenvalue weighted by Gasteiger charge is -2.17. The average molecular weight is 298 g/mol. The quantitative estimate of drug-likeness (QED) is 0.827. The first-order chi connectivity index (χ1) is 9.56. The largest absolute Gasteiger partial charge is 0.435 e. The Bertz CT molecular complexity index is 560. The Morgan fingerprint density at radius 3 is 2.30 bits per heavy atom. The number of rotatable bonds is 5. The number of anilines is 1. The molecule has 2 aromatic carbocycles. The summed E-state index contributed by atoms with van der Waals surface area (Å²) in [5.41, 5.74) is 1.78. The Morgan fingerprint density at radius 1 is 1.05 bits per heavy atom. The molecular weight excluding hydrogens is 284 g/mol. The van der Waals surface area contributed by atoms with Crippen molar-refractivity contribution in [1.29, 1.82) is 0 Å². The predicted molar refractivity (Wildman–Crippen MR) is 76.6 cm³/mol. The monoisotopic (exact) mass is 297 g/mol. The molecule has 0 amide bonds. The van der Waals surface area contributed by atoms with E-state index >= 15 is 0 Å². The summed E-state index contributed by atoms with van der Waals surface area (Å²) in [6.07, 6.45) is 0. The SMILES string of the molecule is CC(Nc1ccccc1Cl)c1ccc(OC(F)F)cc1. The smallest absolute Gasteiger partial charge is 0.387 e. The second kappa shape index (κ2) is 6.57. The standard InChI is InChI=1S/C15H14ClF2NO/c1-10(19-14-5-3-2-4-13(14)16)11-6-8-12(9-7-11)20-15(17)18/h2-10,15,19H,1H3. The molecule has 0 radical (unpaired) electrons. The lowest BCUT2D eigenvalue weighted by molar-refractivity contribution is -0.0498. The second-order valence-electron chi connectivity index (χ2n) is 4.29. The number of ether oxygens (including phenoxy) is 1. The van der Waals surface area contributed by atoms with Crippen LogP contribution < -0.4 is 10.1 Å². The van der Waals surface area contributed by atoms with Crippen LogP contribution in [0.3, 0.4) is 0 Å². The van der Waals surface area contributed by atoms with Gasteiger partial charge in [0, 0.05) is 6.04 Å². The van der Waals surface area contributed by atoms with Gasteiger partial charge < -0.3 is 10.1 Å². The van der Waals surface area contributed by atoms with Crippen LogP contribution in [0.25, 0.3) is 0 Å². The van der Waals surface area contributed by atoms with Crippen molar-refractivity contribution >= 4 is 17.3 Å². The highest BCUT2D eigenvalue weighted by atomic mass is 35.5. The van der Waals surface area contributed by atoms with Gasteiger partial charge in [0.05, 0.1) is 10.7 Å². The summed E-state index contributed by atoms with van der Waals surface area (Å²) in [5, 5.41) is 3.90. The molecule has 0 saturated carbocycles. The van der Waals surface area contributed by atoms with E-state index in [9.17, 15) is 8.78 Å². The Hall–Kier alpha value is -1.81. The van der Waals surface area contributed by atoms with Crippen LogP contribution in [-0.2, 0) is 0 Å². The van der Waals surface area contributed by atoms with Crippen molar-refractivity contribution in [2.75, 3.05) is 5.32 Å². The lowest BCUT2D eigenvalue weighted by atomic mass is 10.1. The van der Waals surface area contributed by atoms with Gasteiger partial charge in [-0.15, -0.1) is 0 Å². The molecule has 0 spiro atoms. The molecule has 0 saturated heterocycles. The molecule has 2 rings (SSSR count). The molecular formula is C15H14ClF2NO. The third-order valence-electron chi connectivity index (χ3n) is 2.85. The van der Waals surface area contributed by atoms with E-state index < -0.39 is 6.61 Å². The number of hydrogen-bond donors (Lipinski definition) is 1. The molecule has 20 heavy (non-hydrogen) atoms. The van der Waals surface area contributed by atoms with Crippen LogP contribution in [0.4, 0.5) is 14.5 Å². The zero-order valence-corrected chi connectivity index (χ0v) is 11.6. The molecule has 0 heterocycles. The van der Waals surface area contributed by atoms with Crippen molar-refractivity contribution in [3.05, 3.63) is 59.1 Å². The second-order valence-corrected chi connectivity index (χ2v) is 4.70. The first kappa shape index (κ1) is 14.6. The number of benzene rings is 2. The minimum Gasteiger partial charge on any atom is -0.435 e. The van der Waals surface area contributed by atoms with Crippen molar-refractivity contribution < 1.29 is 13.5 Å². The summed E-state index contributed by atoms with van der Waals surface area (Å²) in [4.78, 5) is 0. The van der Waals surface area contributed by atoms with Gasteiger partial charge in [-0.1, -0.05) is 35.9 Å². The summed E-state index contributed by atoms with van der Waals surface area (Å²) in [6.45, 7) is -0.841. The maximum absolute atomic E-state index is 12.1. The summed E-state index contributed by atoms with van der Waals surface area (Å²) in [7, 11) is 0. The van der Waals surface area contributed by atoms with Crippen LogP contribution in [0.1, 0.15) is 18.5 Å². The molecule has 0 aromatic heterocycles. The summed E-state index contributed by atoms with van der Waals surface area (Å²) in [6, 6.07) is 13.9. The highest BCUT2D eigenvalue weighted by Gasteiger charge is 2.09. The average Bonchev–Trinajstić information content (AvgIpc) is 2.41. The maximum Gasteiger partial charge on any atom is 0.387 e. The summed E-state index contributed by atoms with van der Waals surface area (Å²) in [5.74, 6) is 0.147. The third-order valence-corrected chi connectivity index (χ3v) is 3.18. The van der Waals surface area contributed by atoms with Gasteiger partial charge in [0.25, 0.3) is 0 Å². The van der Waals surface area contributed by atoms with Gasteiger partial charge in [-0.25, -0.2) is 0 Å². The van der Waals surface area contributed by atoms with Gasteiger partial charge in [0.15, 0.2) is 0 Å². The van der Waals surface area contributed by atoms with E-state index in [0.717, 1.165) is 11.3 Å². The van der Waals surface area contributed by atoms with Gasteiger partial charge in [0.2, 0.25) is 0 Å². The zero-order chi connectivity index (χ0) is 14.5. The van der Waals surface area contributed by atoms with E-state index in [-0.39, 0.29) is 11.8 Å². The number of para-hydroxylation sites is 1. The van der Waals surface area contributed by atoms with E-state index in [2.05, 4.69) is 10.1 Å². The molecule has 0 aliphatic carbocycles. The third kappa shape index (κ3) is 3.84. The van der Waals surface area contributed by atoms with E-state index in [1.165, 1.54) is 12.1 Å². The Kier molecular flexibility index (Phi) is 4.79. The van der Waals surface area contributed by atoms with Crippen LogP contribution in [0.5, 0.6) is 5.75 Å².